The molecule has 0 bridgehead atoms. The second-order valence-electron chi connectivity index (χ2n) is 6.15. The molecule has 0 atom stereocenters. The predicted octanol–water partition coefficient (Wildman–Crippen LogP) is 3.40. The van der Waals surface area contributed by atoms with Crippen molar-refractivity contribution in [1.29, 1.82) is 0 Å². The van der Waals surface area contributed by atoms with Crippen molar-refractivity contribution < 1.29 is 14.1 Å². The number of hydrogen-bond acceptors (Lipinski definition) is 5. The van der Waals surface area contributed by atoms with E-state index in [-0.39, 0.29) is 17.2 Å². The van der Waals surface area contributed by atoms with Gasteiger partial charge in [0.2, 0.25) is 0 Å². The summed E-state index contributed by atoms with van der Waals surface area (Å²) in [7, 11) is 0. The number of benzene rings is 2. The third kappa shape index (κ3) is 4.53. The van der Waals surface area contributed by atoms with Crippen molar-refractivity contribution in [3.63, 3.8) is 0 Å². The lowest BCUT2D eigenvalue weighted by Crippen LogP contribution is -2.22. The van der Waals surface area contributed by atoms with Crippen LogP contribution in [0.15, 0.2) is 42.6 Å². The maximum Gasteiger partial charge on any atom is 0.295 e. The van der Waals surface area contributed by atoms with Gasteiger partial charge in [-0.15, -0.1) is 0 Å². The third-order valence-corrected chi connectivity index (χ3v) is 4.31. The van der Waals surface area contributed by atoms with Crippen LogP contribution in [0.5, 0.6) is 5.75 Å². The monoisotopic (exact) mass is 372 g/mol. The summed E-state index contributed by atoms with van der Waals surface area (Å²) in [5.41, 5.74) is 7.64. The highest BCUT2D eigenvalue weighted by molar-refractivity contribution is 5.83. The molecule has 0 radical (unpaired) electrons. The van der Waals surface area contributed by atoms with Crippen LogP contribution in [0, 0.1) is 15.9 Å². The number of halogens is 1. The first-order valence-corrected chi connectivity index (χ1v) is 8.68. The smallest absolute Gasteiger partial charge is 0.295 e. The quantitative estimate of drug-likeness (QED) is 0.231. The molecule has 27 heavy (non-hydrogen) atoms. The lowest BCUT2D eigenvalue weighted by atomic mass is 10.1. The van der Waals surface area contributed by atoms with Gasteiger partial charge in [0.25, 0.3) is 5.69 Å². The van der Waals surface area contributed by atoms with Gasteiger partial charge in [0.15, 0.2) is 5.69 Å². The molecule has 0 spiro atoms. The molecule has 0 amide bonds. The van der Waals surface area contributed by atoms with E-state index >= 15 is 0 Å². The van der Waals surface area contributed by atoms with Gasteiger partial charge >= 0.3 is 0 Å². The maximum atomic E-state index is 13.4. The second kappa shape index (κ2) is 8.50. The van der Waals surface area contributed by atoms with Gasteiger partial charge in [-0.25, -0.2) is 4.39 Å². The Balaban J connectivity index is 1.39. The number of fused-ring (bicyclic) bond motifs is 1. The summed E-state index contributed by atoms with van der Waals surface area (Å²) in [6.07, 6.45) is 3.63. The fourth-order valence-corrected chi connectivity index (χ4v) is 2.94. The predicted molar refractivity (Wildman–Crippen MR) is 102 cm³/mol. The van der Waals surface area contributed by atoms with Crippen molar-refractivity contribution in [3.05, 3.63) is 64.1 Å². The van der Waals surface area contributed by atoms with E-state index in [0.29, 0.717) is 18.9 Å². The number of H-pyrrole nitrogens is 1. The second-order valence-corrected chi connectivity index (χ2v) is 6.15. The molecule has 4 N–H and O–H groups in total. The van der Waals surface area contributed by atoms with E-state index in [4.69, 9.17) is 10.5 Å². The minimum absolute atomic E-state index is 0.0362. The van der Waals surface area contributed by atoms with Crippen LogP contribution in [0.25, 0.3) is 10.9 Å². The molecule has 0 aliphatic rings. The van der Waals surface area contributed by atoms with Gasteiger partial charge in [-0.3, -0.25) is 10.1 Å². The van der Waals surface area contributed by atoms with E-state index in [1.165, 1.54) is 12.1 Å². The van der Waals surface area contributed by atoms with Gasteiger partial charge in [-0.2, -0.15) is 0 Å². The molecule has 7 nitrogen and oxygen atoms in total. The molecule has 0 fully saturated rings. The Morgan fingerprint density at radius 2 is 2.11 bits per heavy atom. The largest absolute Gasteiger partial charge is 0.490 e. The first-order valence-electron chi connectivity index (χ1n) is 8.68. The number of rotatable bonds is 9. The van der Waals surface area contributed by atoms with Crippen LogP contribution in [0.2, 0.25) is 0 Å². The summed E-state index contributed by atoms with van der Waals surface area (Å²) in [5, 5.41) is 15.0. The SMILES string of the molecule is Nc1c(OCCNCCCc2c[nH]c3ccc(F)cc23)cccc1[N+](=O)[O-]. The van der Waals surface area contributed by atoms with Gasteiger partial charge in [0.1, 0.15) is 18.2 Å². The molecule has 142 valence electrons. The number of nitrogen functional groups attached to an aromatic ring is 1. The number of anilines is 1. The summed E-state index contributed by atoms with van der Waals surface area (Å²) in [6, 6.07) is 9.23. The van der Waals surface area contributed by atoms with Gasteiger partial charge in [-0.05, 0) is 49.2 Å². The molecule has 0 aliphatic carbocycles. The third-order valence-electron chi connectivity index (χ3n) is 4.31. The van der Waals surface area contributed by atoms with Gasteiger partial charge in [0.05, 0.1) is 4.92 Å². The van der Waals surface area contributed by atoms with E-state index in [1.54, 1.807) is 24.3 Å². The Hall–Kier alpha value is -3.13. The summed E-state index contributed by atoms with van der Waals surface area (Å²) >= 11 is 0. The minimum atomic E-state index is -0.531. The van der Waals surface area contributed by atoms with Crippen molar-refractivity contribution in [3.8, 4) is 5.75 Å². The molecular formula is C19H21FN4O3. The number of nitrogens with one attached hydrogen (secondary N) is 2. The highest BCUT2D eigenvalue weighted by Crippen LogP contribution is 2.30. The van der Waals surface area contributed by atoms with E-state index in [1.807, 2.05) is 6.20 Å². The number of nitro benzene ring substituents is 1. The highest BCUT2D eigenvalue weighted by Gasteiger charge is 2.14. The van der Waals surface area contributed by atoms with Crippen molar-refractivity contribution in [1.82, 2.24) is 10.3 Å². The van der Waals surface area contributed by atoms with Crippen LogP contribution >= 0.6 is 0 Å². The fourth-order valence-electron chi connectivity index (χ4n) is 2.94. The normalized spacial score (nSPS) is 11.0. The Morgan fingerprint density at radius 3 is 2.93 bits per heavy atom. The number of aryl methyl sites for hydroxylation is 1. The number of aromatic nitrogens is 1. The summed E-state index contributed by atoms with van der Waals surface area (Å²) < 4.78 is 18.9. The van der Waals surface area contributed by atoms with Crippen molar-refractivity contribution in [2.24, 2.45) is 0 Å². The van der Waals surface area contributed by atoms with Crippen molar-refractivity contribution >= 4 is 22.3 Å². The standard InChI is InChI=1S/C19H21FN4O3/c20-14-6-7-16-15(11-14)13(12-23-16)3-2-8-22-9-10-27-18-5-1-4-17(19(18)21)24(25)26/h1,4-7,11-12,22-23H,2-3,8-10,21H2. The molecule has 3 aromatic rings. The fraction of sp³-hybridized carbons (Fsp3) is 0.263. The molecule has 1 aromatic heterocycles. The number of nitrogens with two attached hydrogens (primary N) is 1. The molecule has 1 heterocycles. The van der Waals surface area contributed by atoms with Crippen LogP contribution in [0.4, 0.5) is 15.8 Å². The molecule has 0 saturated heterocycles. The zero-order valence-corrected chi connectivity index (χ0v) is 14.7. The zero-order chi connectivity index (χ0) is 19.2. The van der Waals surface area contributed by atoms with Crippen LogP contribution < -0.4 is 15.8 Å². The number of nitrogens with zero attached hydrogens (tertiary/aromatic N) is 1. The zero-order valence-electron chi connectivity index (χ0n) is 14.7. The molecule has 8 heteroatoms. The molecule has 0 saturated carbocycles. The average Bonchev–Trinajstić information content (AvgIpc) is 3.04. The van der Waals surface area contributed by atoms with E-state index in [0.717, 1.165) is 35.9 Å². The lowest BCUT2D eigenvalue weighted by molar-refractivity contribution is -0.384. The highest BCUT2D eigenvalue weighted by atomic mass is 19.1. The Kier molecular flexibility index (Phi) is 5.87. The van der Waals surface area contributed by atoms with Crippen molar-refractivity contribution in [2.75, 3.05) is 25.4 Å². The topological polar surface area (TPSA) is 106 Å². The molecule has 3 rings (SSSR count). The van der Waals surface area contributed by atoms with Crippen LogP contribution in [-0.2, 0) is 6.42 Å². The van der Waals surface area contributed by atoms with Gasteiger partial charge < -0.3 is 20.8 Å². The molecule has 2 aromatic carbocycles. The summed E-state index contributed by atoms with van der Waals surface area (Å²) in [4.78, 5) is 13.5. The summed E-state index contributed by atoms with van der Waals surface area (Å²) in [6.45, 7) is 1.71. The first kappa shape index (κ1) is 18.7. The van der Waals surface area contributed by atoms with Crippen molar-refractivity contribution in [2.45, 2.75) is 12.8 Å². The molecule has 0 unspecified atom stereocenters. The number of nitro groups is 1. The van der Waals surface area contributed by atoms with Gasteiger partial charge in [-0.1, -0.05) is 6.07 Å². The summed E-state index contributed by atoms with van der Waals surface area (Å²) in [5.74, 6) is 0.0749. The maximum absolute atomic E-state index is 13.4. The van der Waals surface area contributed by atoms with Crippen LogP contribution in [-0.4, -0.2) is 29.6 Å². The van der Waals surface area contributed by atoms with Crippen LogP contribution in [0.1, 0.15) is 12.0 Å². The van der Waals surface area contributed by atoms with E-state index in [2.05, 4.69) is 10.3 Å². The Morgan fingerprint density at radius 1 is 1.26 bits per heavy atom. The average molecular weight is 372 g/mol. The Labute approximate surface area is 155 Å². The Bertz CT molecular complexity index is 942. The number of hydrogen-bond donors (Lipinski definition) is 3. The number of aromatic amines is 1. The first-order chi connectivity index (χ1) is 13.1. The number of ether oxygens (including phenoxy) is 1. The molecule has 0 aliphatic heterocycles. The minimum Gasteiger partial charge on any atom is -0.490 e. The lowest BCUT2D eigenvalue weighted by Gasteiger charge is -2.09. The molecular weight excluding hydrogens is 351 g/mol. The van der Waals surface area contributed by atoms with Crippen LogP contribution in [0.3, 0.4) is 0 Å². The van der Waals surface area contributed by atoms with E-state index in [9.17, 15) is 14.5 Å². The number of para-hydroxylation sites is 1. The van der Waals surface area contributed by atoms with Gasteiger partial charge in [0, 0.05) is 29.7 Å². The van der Waals surface area contributed by atoms with E-state index < -0.39 is 4.92 Å².